The molecule has 1 saturated carbocycles. The van der Waals surface area contributed by atoms with Crippen molar-refractivity contribution in [2.75, 3.05) is 26.2 Å². The molecule has 618 valence electrons. The van der Waals surface area contributed by atoms with E-state index in [1.54, 1.807) is 91.3 Å². The van der Waals surface area contributed by atoms with Crippen LogP contribution in [0.1, 0.15) is 159 Å². The van der Waals surface area contributed by atoms with Crippen LogP contribution in [0.2, 0.25) is 0 Å². The van der Waals surface area contributed by atoms with Crippen molar-refractivity contribution in [3.05, 3.63) is 144 Å². The van der Waals surface area contributed by atoms with Crippen LogP contribution in [0.15, 0.2) is 122 Å². The first-order valence-corrected chi connectivity index (χ1v) is 40.1. The third-order valence-electron chi connectivity index (χ3n) is 21.5. The summed E-state index contributed by atoms with van der Waals surface area (Å²) in [4.78, 5) is 197. The lowest BCUT2D eigenvalue weighted by atomic mass is 9.95. The average molecular weight is 1590 g/mol. The number of unbranched alkanes of at least 4 members (excludes halogenated alkanes) is 1. The third-order valence-corrected chi connectivity index (χ3v) is 21.5. The SMILES string of the molecule is CCCC(=O)NC(CCCNC(=N)N)C(=O)N1CCCC1C(=O)NC(CCCCN)C(=O)N1CCCC1C(=O)NC(Cc1ccccc1)C(=O)NC(CCC(N)=O)C(=O)NC(Cc1c[nH]c2ccccc12)C(=O)NC(Cc1ccccc1)C(=O)NC(Cc1c[nH]c2ccccc12)C(=O)NC(CC(C)C)C(=O)NC1(C(=O)O)CCCC1. The Morgan fingerprint density at radius 1 is 0.504 bits per heavy atom. The molecule has 0 radical (unpaired) electrons. The number of aromatic amines is 2. The van der Waals surface area contributed by atoms with E-state index in [4.69, 9.17) is 22.6 Å². The number of carbonyl (C=O) groups is 13. The van der Waals surface area contributed by atoms with Crippen LogP contribution in [0.4, 0.5) is 0 Å². The number of para-hydroxylation sites is 2. The van der Waals surface area contributed by atoms with E-state index in [0.717, 1.165) is 10.9 Å². The number of carbonyl (C=O) groups excluding carboxylic acids is 12. The molecule has 4 heterocycles. The molecular formula is C83H112N18O14. The molecule has 2 aliphatic heterocycles. The van der Waals surface area contributed by atoms with Crippen LogP contribution in [-0.4, -0.2) is 200 Å². The van der Waals surface area contributed by atoms with Crippen molar-refractivity contribution in [3.8, 4) is 0 Å². The van der Waals surface area contributed by atoms with Crippen molar-refractivity contribution in [2.24, 2.45) is 23.1 Å². The number of guanidine groups is 1. The first-order chi connectivity index (χ1) is 55.2. The zero-order valence-electron chi connectivity index (χ0n) is 65.7. The first kappa shape index (κ1) is 87.3. The molecule has 20 N–H and O–H groups in total. The van der Waals surface area contributed by atoms with E-state index >= 15 is 28.8 Å². The highest BCUT2D eigenvalue weighted by atomic mass is 16.4. The fourth-order valence-electron chi connectivity index (χ4n) is 15.5. The molecule has 32 heteroatoms. The van der Waals surface area contributed by atoms with E-state index in [1.165, 1.54) is 9.80 Å². The Morgan fingerprint density at radius 3 is 1.41 bits per heavy atom. The smallest absolute Gasteiger partial charge is 0.329 e. The van der Waals surface area contributed by atoms with Gasteiger partial charge >= 0.3 is 5.97 Å². The summed E-state index contributed by atoms with van der Waals surface area (Å²) in [6.07, 6.45) is 6.92. The number of carboxylic acids is 1. The van der Waals surface area contributed by atoms with Gasteiger partial charge in [0.05, 0.1) is 0 Å². The van der Waals surface area contributed by atoms with Crippen molar-refractivity contribution in [1.82, 2.24) is 72.9 Å². The normalized spacial score (nSPS) is 17.2. The van der Waals surface area contributed by atoms with E-state index in [-0.39, 0.29) is 121 Å². The topological polar surface area (TPSA) is 502 Å². The Labute approximate surface area is 668 Å². The average Bonchev–Trinajstić information content (AvgIpc) is 1.71. The number of primary amides is 1. The molecule has 0 spiro atoms. The van der Waals surface area contributed by atoms with Crippen molar-refractivity contribution in [3.63, 3.8) is 0 Å². The van der Waals surface area contributed by atoms with Gasteiger partial charge in [-0.3, -0.25) is 62.9 Å². The van der Waals surface area contributed by atoms with Gasteiger partial charge in [-0.15, -0.1) is 0 Å². The number of fused-ring (bicyclic) bond motifs is 2. The Morgan fingerprint density at radius 2 is 0.939 bits per heavy atom. The van der Waals surface area contributed by atoms with Crippen molar-refractivity contribution in [2.45, 2.75) is 228 Å². The number of likely N-dealkylation sites (tertiary alicyclic amines) is 2. The number of nitrogens with one attached hydrogen (secondary N) is 13. The number of benzene rings is 4. The summed E-state index contributed by atoms with van der Waals surface area (Å²) in [6, 6.07) is 18.7. The second-order valence-corrected chi connectivity index (χ2v) is 30.7. The Hall–Kier alpha value is -11.7. The van der Waals surface area contributed by atoms with Gasteiger partial charge in [0.2, 0.25) is 70.9 Å². The van der Waals surface area contributed by atoms with Gasteiger partial charge in [0.25, 0.3) is 0 Å². The lowest BCUT2D eigenvalue weighted by Crippen LogP contribution is -2.62. The summed E-state index contributed by atoms with van der Waals surface area (Å²) in [5, 5.41) is 47.5. The largest absolute Gasteiger partial charge is 0.480 e. The molecule has 32 nitrogen and oxygen atoms in total. The summed E-state index contributed by atoms with van der Waals surface area (Å²) in [7, 11) is 0. The highest BCUT2D eigenvalue weighted by molar-refractivity contribution is 6.01. The van der Waals surface area contributed by atoms with E-state index in [1.807, 2.05) is 51.1 Å². The van der Waals surface area contributed by atoms with Crippen molar-refractivity contribution >= 4 is 105 Å². The number of hydrogen-bond acceptors (Lipinski definition) is 15. The summed E-state index contributed by atoms with van der Waals surface area (Å²) >= 11 is 0. The zero-order chi connectivity index (χ0) is 82.7. The van der Waals surface area contributed by atoms with Crippen molar-refractivity contribution < 1.29 is 67.4 Å². The van der Waals surface area contributed by atoms with Crippen LogP contribution in [-0.2, 0) is 88.0 Å². The quantitative estimate of drug-likeness (QED) is 0.0149. The summed E-state index contributed by atoms with van der Waals surface area (Å²) in [5.74, 6) is -10.3. The minimum Gasteiger partial charge on any atom is -0.480 e. The van der Waals surface area contributed by atoms with Gasteiger partial charge in [0, 0.05) is 92.4 Å². The molecule has 3 aliphatic rings. The van der Waals surface area contributed by atoms with Crippen LogP contribution >= 0.6 is 0 Å². The van der Waals surface area contributed by atoms with Crippen LogP contribution in [0.5, 0.6) is 0 Å². The van der Waals surface area contributed by atoms with Gasteiger partial charge in [0.15, 0.2) is 5.96 Å². The van der Waals surface area contributed by atoms with Crippen molar-refractivity contribution in [1.29, 1.82) is 5.41 Å². The van der Waals surface area contributed by atoms with Gasteiger partial charge in [0.1, 0.15) is 66.0 Å². The van der Waals surface area contributed by atoms with Crippen LogP contribution in [0, 0.1) is 11.3 Å². The molecule has 6 aromatic rings. The maximum atomic E-state index is 15.5. The second-order valence-electron chi connectivity index (χ2n) is 30.7. The molecule has 1 aliphatic carbocycles. The fraction of sp³-hybridized carbons (Fsp3) is 0.494. The highest BCUT2D eigenvalue weighted by Crippen LogP contribution is 2.31. The van der Waals surface area contributed by atoms with Crippen LogP contribution < -0.4 is 70.4 Å². The van der Waals surface area contributed by atoms with E-state index < -0.39 is 150 Å². The summed E-state index contributed by atoms with van der Waals surface area (Å²) < 4.78 is 0. The van der Waals surface area contributed by atoms with Gasteiger partial charge in [-0.05, 0) is 137 Å². The monoisotopic (exact) mass is 1580 g/mol. The van der Waals surface area contributed by atoms with Gasteiger partial charge in [-0.25, -0.2) is 4.79 Å². The van der Waals surface area contributed by atoms with Gasteiger partial charge < -0.3 is 95.2 Å². The standard InChI is InChI=1S/C83H112N18O14/c1-4-22-70(103)91-60(32-19-40-88-82(86)87)79(112)100-41-20-33-67(100)77(110)93-61(31-15-18-39-84)80(113)101-42-21-34-68(101)78(111)98-64(45-52-25-9-6-10-26-52)72(105)92-59(35-36-69(85)102)71(104)96-65(46-53-48-89-57-29-13-11-27-55(53)57)75(108)95-63(44-51-23-7-5-8-24-51)73(106)97-66(47-54-49-90-58-30-14-12-28-56(54)58)74(107)94-62(43-50(2)3)76(109)99-83(81(114)115)37-16-17-38-83/h5-14,23-30,48-50,59-68,89-90H,4,15-22,31-47,84H2,1-3H3,(H2,85,102)(H,91,103)(H,92,105)(H,93,110)(H,94,107)(H,95,108)(H,96,104)(H,97,106)(H,98,111)(H,99,109)(H,114,115)(H4,86,87,88). The number of nitrogens with two attached hydrogens (primary N) is 3. The summed E-state index contributed by atoms with van der Waals surface area (Å²) in [5.41, 5.74) is 19.3. The predicted molar refractivity (Wildman–Crippen MR) is 431 cm³/mol. The number of aromatic nitrogens is 2. The maximum Gasteiger partial charge on any atom is 0.329 e. The highest BCUT2D eigenvalue weighted by Gasteiger charge is 2.46. The molecule has 0 bridgehead atoms. The Kier molecular flexibility index (Phi) is 32.2. The molecule has 115 heavy (non-hydrogen) atoms. The van der Waals surface area contributed by atoms with Crippen LogP contribution in [0.25, 0.3) is 21.8 Å². The van der Waals surface area contributed by atoms with E-state index in [9.17, 15) is 38.7 Å². The van der Waals surface area contributed by atoms with Gasteiger partial charge in [-0.1, -0.05) is 131 Å². The second kappa shape index (κ2) is 42.4. The molecule has 12 amide bonds. The summed E-state index contributed by atoms with van der Waals surface area (Å²) in [6.45, 7) is 6.34. The number of H-pyrrole nitrogens is 2. The fourth-order valence-corrected chi connectivity index (χ4v) is 15.5. The molecule has 9 rings (SSSR count). The molecule has 10 atom stereocenters. The third kappa shape index (κ3) is 24.7. The molecule has 2 aromatic heterocycles. The minimum atomic E-state index is -1.63. The number of rotatable bonds is 43. The number of hydrogen-bond donors (Lipinski definition) is 17. The lowest BCUT2D eigenvalue weighted by molar-refractivity contribution is -0.148. The van der Waals surface area contributed by atoms with E-state index in [2.05, 4.69) is 63.1 Å². The predicted octanol–water partition coefficient (Wildman–Crippen LogP) is 2.80. The number of nitrogens with zero attached hydrogens (tertiary/aromatic N) is 2. The van der Waals surface area contributed by atoms with Crippen LogP contribution in [0.3, 0.4) is 0 Å². The molecule has 10 unspecified atom stereocenters. The van der Waals surface area contributed by atoms with E-state index in [0.29, 0.717) is 84.5 Å². The zero-order valence-corrected chi connectivity index (χ0v) is 65.7. The molecular weight excluding hydrogens is 1470 g/mol. The Balaban J connectivity index is 0.967. The lowest BCUT2D eigenvalue weighted by Gasteiger charge is -2.32. The molecule has 3 fully saturated rings. The number of carboxylic acid groups (broad SMARTS) is 1. The van der Waals surface area contributed by atoms with Gasteiger partial charge in [-0.2, -0.15) is 0 Å². The molecule has 4 aromatic carbocycles. The molecule has 2 saturated heterocycles. The Bertz CT molecular complexity index is 4390. The maximum absolute atomic E-state index is 15.5. The number of amides is 12. The minimum absolute atomic E-state index is 0.0880. The first-order valence-electron chi connectivity index (χ1n) is 40.1. The number of aliphatic carboxylic acids is 1.